The quantitative estimate of drug-likeness (QED) is 0.0873. The Labute approximate surface area is 197 Å². The summed E-state index contributed by atoms with van der Waals surface area (Å²) in [5.41, 5.74) is 0. The predicted molar refractivity (Wildman–Crippen MR) is 130 cm³/mol. The van der Waals surface area contributed by atoms with Crippen LogP contribution < -0.4 is 0 Å². The van der Waals surface area contributed by atoms with Gasteiger partial charge in [0.15, 0.2) is 0 Å². The van der Waals surface area contributed by atoms with Gasteiger partial charge < -0.3 is 14.1 Å². The number of unbranched alkanes of at least 4 members (excludes halogenated alkanes) is 11. The van der Waals surface area contributed by atoms with Crippen molar-refractivity contribution in [1.29, 1.82) is 0 Å². The number of ether oxygens (including phenoxy) is 1. The van der Waals surface area contributed by atoms with Crippen molar-refractivity contribution < 1.29 is 32.5 Å². The normalized spacial score (nSPS) is 14.8. The SMILES string of the molecule is CCCCCCCCCCCCCCC(COC(C)=O)COP(=O)(O)OCC[N+](C)(C)C. The molecule has 0 saturated carbocycles. The van der Waals surface area contributed by atoms with Gasteiger partial charge in [-0.3, -0.25) is 13.8 Å². The van der Waals surface area contributed by atoms with E-state index in [1.165, 1.54) is 71.1 Å². The number of rotatable bonds is 22. The fourth-order valence-electron chi connectivity index (χ4n) is 3.39. The number of carbonyl (C=O) groups excluding carboxylic acids is 1. The van der Waals surface area contributed by atoms with Crippen molar-refractivity contribution in [2.45, 2.75) is 97.3 Å². The van der Waals surface area contributed by atoms with Crippen molar-refractivity contribution in [3.63, 3.8) is 0 Å². The van der Waals surface area contributed by atoms with Gasteiger partial charge in [-0.25, -0.2) is 4.57 Å². The highest BCUT2D eigenvalue weighted by Crippen LogP contribution is 2.43. The standard InChI is InChI=1S/C24H50NO6P/c1-6-7-8-9-10-11-12-13-14-15-16-17-18-24(21-29-23(2)26)22-31-32(27,28)30-20-19-25(3,4)5/h24H,6-22H2,1-5H3/p+1. The number of nitrogens with zero attached hydrogens (tertiary/aromatic N) is 1. The molecule has 0 aliphatic heterocycles. The van der Waals surface area contributed by atoms with E-state index in [1.807, 2.05) is 21.1 Å². The average molecular weight is 481 g/mol. The van der Waals surface area contributed by atoms with E-state index in [0.29, 0.717) is 11.0 Å². The minimum atomic E-state index is -4.10. The maximum Gasteiger partial charge on any atom is 0.472 e. The minimum absolute atomic E-state index is 0.0451. The van der Waals surface area contributed by atoms with Crippen molar-refractivity contribution in [2.24, 2.45) is 5.92 Å². The number of carbonyl (C=O) groups is 1. The maximum atomic E-state index is 12.1. The largest absolute Gasteiger partial charge is 0.472 e. The molecule has 0 amide bonds. The molecular formula is C24H51NO6P+. The van der Waals surface area contributed by atoms with E-state index in [4.69, 9.17) is 13.8 Å². The van der Waals surface area contributed by atoms with Crippen LogP contribution >= 0.6 is 7.82 Å². The first-order chi connectivity index (χ1) is 15.1. The summed E-state index contributed by atoms with van der Waals surface area (Å²) in [5.74, 6) is -0.458. The van der Waals surface area contributed by atoms with E-state index in [0.717, 1.165) is 19.3 Å². The molecule has 2 atom stereocenters. The third-order valence-corrected chi connectivity index (χ3v) is 6.46. The lowest BCUT2D eigenvalue weighted by molar-refractivity contribution is -0.870. The van der Waals surface area contributed by atoms with Crippen LogP contribution in [0.3, 0.4) is 0 Å². The molecule has 0 aromatic carbocycles. The van der Waals surface area contributed by atoms with E-state index < -0.39 is 7.82 Å². The lowest BCUT2D eigenvalue weighted by Gasteiger charge is -2.24. The zero-order chi connectivity index (χ0) is 24.3. The van der Waals surface area contributed by atoms with Crippen LogP contribution in [0.25, 0.3) is 0 Å². The zero-order valence-corrected chi connectivity index (χ0v) is 22.4. The molecule has 7 nitrogen and oxygen atoms in total. The predicted octanol–water partition coefficient (Wildman–Crippen LogP) is 6.10. The first-order valence-electron chi connectivity index (χ1n) is 12.6. The Hall–Kier alpha value is -0.460. The van der Waals surface area contributed by atoms with Crippen LogP contribution in [0.5, 0.6) is 0 Å². The van der Waals surface area contributed by atoms with Gasteiger partial charge in [0.05, 0.1) is 34.4 Å². The smallest absolute Gasteiger partial charge is 0.465 e. The third-order valence-electron chi connectivity index (χ3n) is 5.48. The Kier molecular flexibility index (Phi) is 18.6. The van der Waals surface area contributed by atoms with Crippen LogP contribution in [-0.4, -0.2) is 62.9 Å². The first-order valence-corrected chi connectivity index (χ1v) is 14.1. The second kappa shape index (κ2) is 18.9. The first kappa shape index (κ1) is 31.5. The van der Waals surface area contributed by atoms with E-state index in [2.05, 4.69) is 6.92 Å². The monoisotopic (exact) mass is 480 g/mol. The molecule has 0 fully saturated rings. The van der Waals surface area contributed by atoms with Gasteiger partial charge in [-0.15, -0.1) is 0 Å². The minimum Gasteiger partial charge on any atom is -0.465 e. The van der Waals surface area contributed by atoms with Crippen molar-refractivity contribution in [1.82, 2.24) is 0 Å². The number of phosphoric acid groups is 1. The fourth-order valence-corrected chi connectivity index (χ4v) is 4.18. The average Bonchev–Trinajstić information content (AvgIpc) is 2.68. The third kappa shape index (κ3) is 22.7. The topological polar surface area (TPSA) is 82.1 Å². The summed E-state index contributed by atoms with van der Waals surface area (Å²) < 4.78 is 28.1. The molecular weight excluding hydrogens is 429 g/mol. The van der Waals surface area contributed by atoms with Crippen LogP contribution in [0.4, 0.5) is 0 Å². The van der Waals surface area contributed by atoms with Gasteiger partial charge in [0.2, 0.25) is 0 Å². The highest BCUT2D eigenvalue weighted by atomic mass is 31.2. The lowest BCUT2D eigenvalue weighted by Crippen LogP contribution is -2.37. The molecule has 0 spiro atoms. The van der Waals surface area contributed by atoms with Crippen LogP contribution in [-0.2, 0) is 23.1 Å². The van der Waals surface area contributed by atoms with Gasteiger partial charge in [-0.2, -0.15) is 0 Å². The van der Waals surface area contributed by atoms with E-state index in [-0.39, 0.29) is 31.7 Å². The van der Waals surface area contributed by atoms with Gasteiger partial charge in [0, 0.05) is 12.8 Å². The Morgan fingerprint density at radius 3 is 1.81 bits per heavy atom. The van der Waals surface area contributed by atoms with Gasteiger partial charge in [0.1, 0.15) is 13.2 Å². The number of likely N-dealkylation sites (N-methyl/N-ethyl adjacent to an activating group) is 1. The summed E-state index contributed by atoms with van der Waals surface area (Å²) in [6.07, 6.45) is 16.1. The van der Waals surface area contributed by atoms with E-state index in [9.17, 15) is 14.3 Å². The summed E-state index contributed by atoms with van der Waals surface area (Å²) in [7, 11) is 1.85. The van der Waals surface area contributed by atoms with Crippen molar-refractivity contribution in [3.05, 3.63) is 0 Å². The van der Waals surface area contributed by atoms with Gasteiger partial charge in [-0.1, -0.05) is 84.0 Å². The highest BCUT2D eigenvalue weighted by molar-refractivity contribution is 7.47. The summed E-state index contributed by atoms with van der Waals surface area (Å²) in [4.78, 5) is 21.1. The molecule has 0 radical (unpaired) electrons. The summed E-state index contributed by atoms with van der Waals surface area (Å²) in [5, 5.41) is 0. The lowest BCUT2D eigenvalue weighted by atomic mass is 10.0. The molecule has 0 aromatic heterocycles. The van der Waals surface area contributed by atoms with Gasteiger partial charge in [-0.05, 0) is 6.42 Å². The number of hydrogen-bond acceptors (Lipinski definition) is 5. The molecule has 1 N–H and O–H groups in total. The molecule has 0 aliphatic carbocycles. The van der Waals surface area contributed by atoms with Crippen molar-refractivity contribution >= 4 is 13.8 Å². The molecule has 0 heterocycles. The second-order valence-electron chi connectivity index (χ2n) is 9.96. The number of phosphoric ester groups is 1. The van der Waals surface area contributed by atoms with Gasteiger partial charge >= 0.3 is 13.8 Å². The molecule has 0 aliphatic rings. The van der Waals surface area contributed by atoms with Crippen LogP contribution in [0.15, 0.2) is 0 Å². The Balaban J connectivity index is 4.01. The molecule has 32 heavy (non-hydrogen) atoms. The second-order valence-corrected chi connectivity index (χ2v) is 11.4. The molecule has 8 heteroatoms. The molecule has 0 aromatic rings. The Bertz CT molecular complexity index is 509. The van der Waals surface area contributed by atoms with Gasteiger partial charge in [0.25, 0.3) is 0 Å². The van der Waals surface area contributed by atoms with E-state index in [1.54, 1.807) is 0 Å². The fraction of sp³-hybridized carbons (Fsp3) is 0.958. The summed E-state index contributed by atoms with van der Waals surface area (Å²) >= 11 is 0. The number of esters is 1. The van der Waals surface area contributed by atoms with Crippen molar-refractivity contribution in [3.8, 4) is 0 Å². The molecule has 0 rings (SSSR count). The number of hydrogen-bond donors (Lipinski definition) is 1. The molecule has 0 bridgehead atoms. The summed E-state index contributed by atoms with van der Waals surface area (Å²) in [6, 6.07) is 0. The summed E-state index contributed by atoms with van der Waals surface area (Å²) in [6.45, 7) is 4.61. The molecule has 2 unspecified atom stereocenters. The van der Waals surface area contributed by atoms with Crippen LogP contribution in [0, 0.1) is 5.92 Å². The van der Waals surface area contributed by atoms with Crippen molar-refractivity contribution in [2.75, 3.05) is 47.5 Å². The highest BCUT2D eigenvalue weighted by Gasteiger charge is 2.25. The van der Waals surface area contributed by atoms with Crippen LogP contribution in [0.2, 0.25) is 0 Å². The number of quaternary nitrogens is 1. The zero-order valence-electron chi connectivity index (χ0n) is 21.5. The Morgan fingerprint density at radius 1 is 0.844 bits per heavy atom. The van der Waals surface area contributed by atoms with E-state index >= 15 is 0 Å². The van der Waals surface area contributed by atoms with Crippen LogP contribution in [0.1, 0.15) is 97.3 Å². The molecule has 192 valence electrons. The molecule has 0 saturated heterocycles. The maximum absolute atomic E-state index is 12.1. The Morgan fingerprint density at radius 2 is 1.34 bits per heavy atom.